The molecule has 0 saturated carbocycles. The van der Waals surface area contributed by atoms with Crippen LogP contribution in [0.1, 0.15) is 37.2 Å². The minimum Gasteiger partial charge on any atom is -0.493 e. The fourth-order valence-corrected chi connectivity index (χ4v) is 4.61. The number of ether oxygens (including phenoxy) is 6. The Balaban J connectivity index is 1.34. The third-order valence-electron chi connectivity index (χ3n) is 6.24. The summed E-state index contributed by atoms with van der Waals surface area (Å²) in [4.78, 5) is 0. The van der Waals surface area contributed by atoms with Crippen LogP contribution in [0.25, 0.3) is 0 Å². The molecule has 0 radical (unpaired) electrons. The van der Waals surface area contributed by atoms with Crippen molar-refractivity contribution in [3.8, 4) is 23.0 Å². The van der Waals surface area contributed by atoms with Crippen LogP contribution >= 0.6 is 0 Å². The SMILES string of the molecule is COc1ccc([C@H]2OC[C@H]3[C@@H]2CO[C@@H]3c2ccc3c(c2)OCO3)cc1OCC=C(C)C. The van der Waals surface area contributed by atoms with E-state index in [1.165, 1.54) is 5.57 Å². The van der Waals surface area contributed by atoms with E-state index in [0.29, 0.717) is 25.7 Å². The highest BCUT2D eigenvalue weighted by atomic mass is 16.7. The Labute approximate surface area is 182 Å². The summed E-state index contributed by atoms with van der Waals surface area (Å²) in [5.74, 6) is 3.61. The Morgan fingerprint density at radius 1 is 0.903 bits per heavy atom. The fourth-order valence-electron chi connectivity index (χ4n) is 4.61. The van der Waals surface area contributed by atoms with Crippen molar-refractivity contribution in [1.29, 1.82) is 0 Å². The van der Waals surface area contributed by atoms with Crippen LogP contribution in [0.15, 0.2) is 48.0 Å². The van der Waals surface area contributed by atoms with Gasteiger partial charge in [-0.25, -0.2) is 0 Å². The van der Waals surface area contributed by atoms with Crippen LogP contribution in [0.5, 0.6) is 23.0 Å². The number of hydrogen-bond donors (Lipinski definition) is 0. The van der Waals surface area contributed by atoms with E-state index in [-0.39, 0.29) is 24.9 Å². The van der Waals surface area contributed by atoms with Crippen LogP contribution < -0.4 is 18.9 Å². The number of fused-ring (bicyclic) bond motifs is 2. The molecule has 6 heteroatoms. The predicted molar refractivity (Wildman–Crippen MR) is 115 cm³/mol. The Morgan fingerprint density at radius 3 is 2.29 bits per heavy atom. The van der Waals surface area contributed by atoms with E-state index < -0.39 is 0 Å². The number of allylic oxidation sites excluding steroid dienone is 1. The van der Waals surface area contributed by atoms with Crippen molar-refractivity contribution in [2.24, 2.45) is 11.8 Å². The van der Waals surface area contributed by atoms with Gasteiger partial charge >= 0.3 is 0 Å². The zero-order valence-electron chi connectivity index (χ0n) is 18.1. The topological polar surface area (TPSA) is 55.4 Å². The molecule has 6 nitrogen and oxygen atoms in total. The molecule has 164 valence electrons. The van der Waals surface area contributed by atoms with Gasteiger partial charge in [0.05, 0.1) is 32.5 Å². The third kappa shape index (κ3) is 3.86. The van der Waals surface area contributed by atoms with Gasteiger partial charge in [-0.1, -0.05) is 17.7 Å². The minimum absolute atomic E-state index is 0.00358. The Hall–Kier alpha value is -2.70. The van der Waals surface area contributed by atoms with Gasteiger partial charge in [0.2, 0.25) is 6.79 Å². The molecule has 2 aromatic carbocycles. The van der Waals surface area contributed by atoms with Crippen molar-refractivity contribution in [1.82, 2.24) is 0 Å². The molecule has 0 amide bonds. The molecule has 0 spiro atoms. The first-order chi connectivity index (χ1) is 15.1. The lowest BCUT2D eigenvalue weighted by Gasteiger charge is -2.19. The maximum atomic E-state index is 6.28. The quantitative estimate of drug-likeness (QED) is 0.619. The first kappa shape index (κ1) is 20.2. The van der Waals surface area contributed by atoms with Gasteiger partial charge in [0.15, 0.2) is 23.0 Å². The number of benzene rings is 2. The van der Waals surface area contributed by atoms with E-state index in [0.717, 1.165) is 34.1 Å². The standard InChI is InChI=1S/C25H28O6/c1-15(2)8-9-27-22-10-16(4-6-20(22)26-3)24-18-12-29-25(19(18)13-28-24)17-5-7-21-23(11-17)31-14-30-21/h4-8,10-11,18-19,24-25H,9,12-14H2,1-3H3/t18-,19-,24+,25+/m0/s1. The van der Waals surface area contributed by atoms with Crippen LogP contribution in [-0.4, -0.2) is 33.7 Å². The van der Waals surface area contributed by atoms with Crippen molar-refractivity contribution >= 4 is 0 Å². The summed E-state index contributed by atoms with van der Waals surface area (Å²) in [6, 6.07) is 12.1. The normalized spacial score (nSPS) is 25.9. The zero-order chi connectivity index (χ0) is 21.4. The van der Waals surface area contributed by atoms with Crippen molar-refractivity contribution in [3.05, 3.63) is 59.2 Å². The van der Waals surface area contributed by atoms with Crippen LogP contribution in [0.3, 0.4) is 0 Å². The summed E-state index contributed by atoms with van der Waals surface area (Å²) in [6.07, 6.45) is 2.02. The average Bonchev–Trinajstić information content (AvgIpc) is 3.49. The second-order valence-electron chi connectivity index (χ2n) is 8.45. The summed E-state index contributed by atoms with van der Waals surface area (Å²) < 4.78 is 35.0. The van der Waals surface area contributed by atoms with Gasteiger partial charge in [-0.15, -0.1) is 0 Å². The first-order valence-electron chi connectivity index (χ1n) is 10.7. The van der Waals surface area contributed by atoms with E-state index >= 15 is 0 Å². The van der Waals surface area contributed by atoms with Crippen molar-refractivity contribution in [3.63, 3.8) is 0 Å². The number of hydrogen-bond acceptors (Lipinski definition) is 6. The van der Waals surface area contributed by atoms with Gasteiger partial charge in [0, 0.05) is 11.8 Å². The molecule has 5 rings (SSSR count). The van der Waals surface area contributed by atoms with E-state index in [1.807, 2.05) is 24.3 Å². The van der Waals surface area contributed by atoms with Crippen LogP contribution in [0.2, 0.25) is 0 Å². The Kier molecular flexibility index (Phi) is 5.50. The maximum absolute atomic E-state index is 6.28. The highest BCUT2D eigenvalue weighted by Crippen LogP contribution is 2.51. The molecular weight excluding hydrogens is 396 g/mol. The lowest BCUT2D eigenvalue weighted by Crippen LogP contribution is -2.14. The van der Waals surface area contributed by atoms with E-state index in [1.54, 1.807) is 7.11 Å². The second kappa shape index (κ2) is 8.44. The Bertz CT molecular complexity index is 980. The third-order valence-corrected chi connectivity index (χ3v) is 6.24. The van der Waals surface area contributed by atoms with Crippen LogP contribution in [0, 0.1) is 11.8 Å². The molecule has 3 heterocycles. The molecule has 4 atom stereocenters. The highest BCUT2D eigenvalue weighted by molar-refractivity contribution is 5.46. The van der Waals surface area contributed by atoms with Gasteiger partial charge in [0.1, 0.15) is 6.61 Å². The largest absolute Gasteiger partial charge is 0.493 e. The summed E-state index contributed by atoms with van der Waals surface area (Å²) in [5, 5.41) is 0. The van der Waals surface area contributed by atoms with Crippen LogP contribution in [0.4, 0.5) is 0 Å². The van der Waals surface area contributed by atoms with E-state index in [2.05, 4.69) is 32.1 Å². The second-order valence-corrected chi connectivity index (χ2v) is 8.45. The van der Waals surface area contributed by atoms with Gasteiger partial charge in [0.25, 0.3) is 0 Å². The molecule has 0 aromatic heterocycles. The summed E-state index contributed by atoms with van der Waals surface area (Å²) in [5.41, 5.74) is 3.42. The molecule has 2 aromatic rings. The molecule has 3 aliphatic rings. The van der Waals surface area contributed by atoms with Crippen molar-refractivity contribution in [2.75, 3.05) is 33.7 Å². The smallest absolute Gasteiger partial charge is 0.231 e. The molecule has 2 saturated heterocycles. The molecule has 3 aliphatic heterocycles. The molecule has 31 heavy (non-hydrogen) atoms. The summed E-state index contributed by atoms with van der Waals surface area (Å²) >= 11 is 0. The van der Waals surface area contributed by atoms with Crippen molar-refractivity contribution < 1.29 is 28.4 Å². The van der Waals surface area contributed by atoms with Gasteiger partial charge in [-0.05, 0) is 55.3 Å². The molecular formula is C25H28O6. The average molecular weight is 424 g/mol. The molecule has 0 N–H and O–H groups in total. The van der Waals surface area contributed by atoms with Gasteiger partial charge in [-0.2, -0.15) is 0 Å². The first-order valence-corrected chi connectivity index (χ1v) is 10.7. The van der Waals surface area contributed by atoms with E-state index in [4.69, 9.17) is 28.4 Å². The van der Waals surface area contributed by atoms with Gasteiger partial charge in [-0.3, -0.25) is 0 Å². The highest BCUT2D eigenvalue weighted by Gasteiger charge is 2.48. The van der Waals surface area contributed by atoms with E-state index in [9.17, 15) is 0 Å². The number of rotatable bonds is 6. The van der Waals surface area contributed by atoms with Gasteiger partial charge < -0.3 is 28.4 Å². The molecule has 0 aliphatic carbocycles. The molecule has 2 fully saturated rings. The summed E-state index contributed by atoms with van der Waals surface area (Å²) in [6.45, 7) is 6.22. The monoisotopic (exact) mass is 424 g/mol. The van der Waals surface area contributed by atoms with Crippen LogP contribution in [-0.2, 0) is 9.47 Å². The lowest BCUT2D eigenvalue weighted by molar-refractivity contribution is 0.0191. The minimum atomic E-state index is -0.0271. The van der Waals surface area contributed by atoms with Crippen molar-refractivity contribution in [2.45, 2.75) is 26.1 Å². The molecule has 0 bridgehead atoms. The summed E-state index contributed by atoms with van der Waals surface area (Å²) in [7, 11) is 1.66. The lowest BCUT2D eigenvalue weighted by atomic mass is 9.85. The molecule has 0 unspecified atom stereocenters. The predicted octanol–water partition coefficient (Wildman–Crippen LogP) is 4.84. The Morgan fingerprint density at radius 2 is 1.58 bits per heavy atom. The number of methoxy groups -OCH3 is 1. The maximum Gasteiger partial charge on any atom is 0.231 e. The zero-order valence-corrected chi connectivity index (χ0v) is 18.1. The fraction of sp³-hybridized carbons (Fsp3) is 0.440.